The lowest BCUT2D eigenvalue weighted by atomic mass is 9.74. The van der Waals surface area contributed by atoms with Gasteiger partial charge in [0.1, 0.15) is 11.9 Å². The number of nitrogens with zero attached hydrogens (tertiary/aromatic N) is 5. The number of aromatic nitrogens is 3. The first kappa shape index (κ1) is 35.3. The average Bonchev–Trinajstić information content (AvgIpc) is 3.49. The minimum absolute atomic E-state index is 0.00372. The van der Waals surface area contributed by atoms with Crippen LogP contribution in [0.15, 0.2) is 110 Å². The second kappa shape index (κ2) is 14.2. The van der Waals surface area contributed by atoms with Gasteiger partial charge in [-0.3, -0.25) is 9.48 Å². The fourth-order valence-corrected chi connectivity index (χ4v) is 13.3. The molecular formula is C43H45ClN6O2Si. The van der Waals surface area contributed by atoms with E-state index < -0.39 is 8.32 Å². The Hall–Kier alpha value is -4.75. The first-order valence-corrected chi connectivity index (χ1v) is 20.9. The summed E-state index contributed by atoms with van der Waals surface area (Å²) in [5, 5.41) is 20.4. The zero-order valence-electron chi connectivity index (χ0n) is 30.5. The van der Waals surface area contributed by atoms with Crippen molar-refractivity contribution in [3.05, 3.63) is 137 Å². The topological polar surface area (TPSA) is 96.1 Å². The Kier molecular flexibility index (Phi) is 9.48. The van der Waals surface area contributed by atoms with Crippen molar-refractivity contribution in [2.24, 2.45) is 11.8 Å². The molecule has 3 aliphatic rings. The van der Waals surface area contributed by atoms with Crippen molar-refractivity contribution in [1.82, 2.24) is 20.1 Å². The Balaban J connectivity index is 1.06. The van der Waals surface area contributed by atoms with Gasteiger partial charge in [0.05, 0.1) is 30.0 Å². The van der Waals surface area contributed by atoms with Crippen LogP contribution in [0.3, 0.4) is 0 Å². The van der Waals surface area contributed by atoms with Crippen LogP contribution in [-0.4, -0.2) is 54.7 Å². The molecule has 1 amide bonds. The molecule has 0 spiro atoms. The van der Waals surface area contributed by atoms with Gasteiger partial charge < -0.3 is 14.6 Å². The number of piperidine rings is 1. The summed E-state index contributed by atoms with van der Waals surface area (Å²) in [6, 6.07) is 32.9. The van der Waals surface area contributed by atoms with Crippen LogP contribution in [0.5, 0.6) is 0 Å². The number of nitriles is 1. The lowest BCUT2D eigenvalue weighted by Gasteiger charge is -2.43. The highest BCUT2D eigenvalue weighted by Crippen LogP contribution is 2.46. The lowest BCUT2D eigenvalue weighted by molar-refractivity contribution is 0.0908. The van der Waals surface area contributed by atoms with Crippen molar-refractivity contribution in [1.29, 1.82) is 5.26 Å². The lowest BCUT2D eigenvalue weighted by Crippen LogP contribution is -2.67. The van der Waals surface area contributed by atoms with E-state index in [9.17, 15) is 10.1 Å². The number of rotatable bonds is 11. The van der Waals surface area contributed by atoms with Crippen LogP contribution >= 0.6 is 11.6 Å². The van der Waals surface area contributed by atoms with Crippen LogP contribution in [0.25, 0.3) is 0 Å². The fourth-order valence-electron chi connectivity index (χ4n) is 8.52. The maximum Gasteiger partial charge on any atom is 0.261 e. The number of halogens is 1. The van der Waals surface area contributed by atoms with Gasteiger partial charge in [0.15, 0.2) is 0 Å². The van der Waals surface area contributed by atoms with Gasteiger partial charge in [0.25, 0.3) is 14.2 Å². The minimum atomic E-state index is -2.87. The number of anilines is 1. The third-order valence-corrected chi connectivity index (χ3v) is 16.8. The molecule has 3 unspecified atom stereocenters. The van der Waals surface area contributed by atoms with Gasteiger partial charge in [-0.2, -0.15) is 10.4 Å². The van der Waals surface area contributed by atoms with Crippen LogP contribution in [-0.2, 0) is 4.43 Å². The molecule has 2 aliphatic carbocycles. The molecule has 270 valence electrons. The fraction of sp³-hybridized carbons (Fsp3) is 0.349. The van der Waals surface area contributed by atoms with Gasteiger partial charge in [-0.1, -0.05) is 99.1 Å². The van der Waals surface area contributed by atoms with E-state index in [0.29, 0.717) is 22.8 Å². The molecule has 3 atom stereocenters. The highest BCUT2D eigenvalue weighted by molar-refractivity contribution is 6.99. The average molecular weight is 741 g/mol. The predicted molar refractivity (Wildman–Crippen MR) is 211 cm³/mol. The summed E-state index contributed by atoms with van der Waals surface area (Å²) >= 11 is 6.25. The summed E-state index contributed by atoms with van der Waals surface area (Å²) in [7, 11) is -2.87. The van der Waals surface area contributed by atoms with Gasteiger partial charge in [-0.05, 0) is 87.8 Å². The molecule has 0 radical (unpaired) electrons. The molecule has 2 saturated carbocycles. The number of fused-ring (bicyclic) bond motifs is 1. The SMILES string of the molecule is CC(C)(C)[Si](OCC(c1ccc(N2CC3CC3C2)nc1)n1cc(C(=O)NC2CC(c3cc(Cl)ccc3C#N)C2)cn1)(c1ccccc1)c1ccccc1. The number of carbonyl (C=O) groups is 1. The van der Waals surface area contributed by atoms with Gasteiger partial charge in [0.2, 0.25) is 0 Å². The molecule has 0 bridgehead atoms. The minimum Gasteiger partial charge on any atom is -0.405 e. The molecule has 3 heterocycles. The molecule has 1 N–H and O–H groups in total. The summed E-state index contributed by atoms with van der Waals surface area (Å²) < 4.78 is 9.30. The third kappa shape index (κ3) is 6.92. The highest BCUT2D eigenvalue weighted by Gasteiger charge is 2.50. The van der Waals surface area contributed by atoms with Crippen molar-refractivity contribution >= 4 is 42.0 Å². The van der Waals surface area contributed by atoms with E-state index in [2.05, 4.69) is 110 Å². The van der Waals surface area contributed by atoms with Gasteiger partial charge in [0, 0.05) is 36.5 Å². The standard InChI is InChI=1S/C43H45ClN6O2Si/c1-43(2,3)53(37-10-6-4-7-11-37,38-12-8-5-9-13-38)52-28-40(30-15-17-41(46-23-30)49-25-32-18-33(32)26-49)50-27-34(24-47-50)42(51)48-36-19-31(20-36)39-21-35(44)16-14-29(39)22-45/h4-17,21,23-24,27,31-33,36,40H,18-20,25-26,28H2,1-3H3,(H,48,51). The Morgan fingerprint density at radius 3 is 2.25 bits per heavy atom. The number of hydrogen-bond acceptors (Lipinski definition) is 6. The van der Waals surface area contributed by atoms with Crippen LogP contribution < -0.4 is 20.6 Å². The maximum absolute atomic E-state index is 13.6. The molecule has 3 aromatic carbocycles. The maximum atomic E-state index is 13.6. The van der Waals surface area contributed by atoms with Crippen LogP contribution in [0.2, 0.25) is 10.1 Å². The van der Waals surface area contributed by atoms with Crippen LogP contribution in [0.1, 0.15) is 79.0 Å². The summed E-state index contributed by atoms with van der Waals surface area (Å²) in [6.07, 6.45) is 8.28. The smallest absolute Gasteiger partial charge is 0.261 e. The van der Waals surface area contributed by atoms with E-state index >= 15 is 0 Å². The van der Waals surface area contributed by atoms with Crippen molar-refractivity contribution in [2.75, 3.05) is 24.6 Å². The number of benzene rings is 3. The predicted octanol–water partition coefficient (Wildman–Crippen LogP) is 7.10. The Morgan fingerprint density at radius 2 is 1.64 bits per heavy atom. The van der Waals surface area contributed by atoms with Crippen LogP contribution in [0.4, 0.5) is 5.82 Å². The Labute approximate surface area is 317 Å². The molecule has 8 nitrogen and oxygen atoms in total. The molecule has 3 fully saturated rings. The summed E-state index contributed by atoms with van der Waals surface area (Å²) in [4.78, 5) is 20.9. The van der Waals surface area contributed by atoms with Gasteiger partial charge in [-0.15, -0.1) is 0 Å². The van der Waals surface area contributed by atoms with E-state index in [4.69, 9.17) is 26.1 Å². The van der Waals surface area contributed by atoms with E-state index in [0.717, 1.165) is 54.7 Å². The zero-order valence-corrected chi connectivity index (χ0v) is 32.2. The molecule has 2 aromatic heterocycles. The summed E-state index contributed by atoms with van der Waals surface area (Å²) in [6.45, 7) is 9.33. The van der Waals surface area contributed by atoms with Gasteiger partial charge in [-0.25, -0.2) is 4.98 Å². The van der Waals surface area contributed by atoms with E-state index in [1.54, 1.807) is 18.3 Å². The normalized spacial score (nSPS) is 21.3. The molecule has 1 aliphatic heterocycles. The second-order valence-corrected chi connectivity index (χ2v) is 20.7. The Bertz CT molecular complexity index is 2070. The second-order valence-electron chi connectivity index (χ2n) is 16.0. The highest BCUT2D eigenvalue weighted by atomic mass is 35.5. The largest absolute Gasteiger partial charge is 0.405 e. The van der Waals surface area contributed by atoms with Gasteiger partial charge >= 0.3 is 0 Å². The quantitative estimate of drug-likeness (QED) is 0.145. The monoisotopic (exact) mass is 740 g/mol. The van der Waals surface area contributed by atoms with Crippen molar-refractivity contribution < 1.29 is 9.22 Å². The van der Waals surface area contributed by atoms with E-state index in [-0.39, 0.29) is 28.9 Å². The molecule has 8 rings (SSSR count). The van der Waals surface area contributed by atoms with E-state index in [1.807, 2.05) is 23.1 Å². The van der Waals surface area contributed by atoms with Crippen molar-refractivity contribution in [2.45, 2.75) is 63.1 Å². The molecular weight excluding hydrogens is 696 g/mol. The van der Waals surface area contributed by atoms with Crippen molar-refractivity contribution in [3.63, 3.8) is 0 Å². The van der Waals surface area contributed by atoms with E-state index in [1.165, 1.54) is 16.8 Å². The zero-order chi connectivity index (χ0) is 36.7. The third-order valence-electron chi connectivity index (χ3n) is 11.6. The summed E-state index contributed by atoms with van der Waals surface area (Å²) in [5.74, 6) is 2.65. The van der Waals surface area contributed by atoms with Crippen LogP contribution in [0, 0.1) is 23.2 Å². The number of nitrogens with one attached hydrogen (secondary N) is 1. The Morgan fingerprint density at radius 1 is 0.962 bits per heavy atom. The van der Waals surface area contributed by atoms with Crippen molar-refractivity contribution in [3.8, 4) is 6.07 Å². The molecule has 5 aromatic rings. The first-order chi connectivity index (χ1) is 25.6. The molecule has 1 saturated heterocycles. The number of hydrogen-bond donors (Lipinski definition) is 1. The molecule has 53 heavy (non-hydrogen) atoms. The first-order valence-electron chi connectivity index (χ1n) is 18.6. The molecule has 10 heteroatoms. The number of carbonyl (C=O) groups excluding carboxylic acids is 1. The number of pyridine rings is 1. The summed E-state index contributed by atoms with van der Waals surface area (Å²) in [5.41, 5.74) is 3.05. The number of amides is 1.